The van der Waals surface area contributed by atoms with Gasteiger partial charge in [0.05, 0.1) is 9.67 Å². The van der Waals surface area contributed by atoms with Crippen molar-refractivity contribution in [1.29, 1.82) is 0 Å². The summed E-state index contributed by atoms with van der Waals surface area (Å²) < 4.78 is -0.353. The largest absolute Gasteiger partial charge is 0.378 e. The van der Waals surface area contributed by atoms with Crippen LogP contribution in [0, 0.1) is 10.1 Å². The van der Waals surface area contributed by atoms with Gasteiger partial charge in [0.1, 0.15) is 0 Å². The van der Waals surface area contributed by atoms with Gasteiger partial charge in [-0.3, -0.25) is 10.1 Å². The molecule has 2 bridgehead atoms. The monoisotopic (exact) mass is 500 g/mol. The molecule has 0 saturated carbocycles. The zero-order valence-corrected chi connectivity index (χ0v) is 21.3. The third-order valence-electron chi connectivity index (χ3n) is 7.86. The lowest BCUT2D eigenvalue weighted by Crippen LogP contribution is -2.37. The van der Waals surface area contributed by atoms with Gasteiger partial charge in [0.2, 0.25) is 0 Å². The summed E-state index contributed by atoms with van der Waals surface area (Å²) in [5.41, 5.74) is 11.6. The Morgan fingerprint density at radius 1 is 0.784 bits per heavy atom. The Hall–Kier alpha value is -4.09. The lowest BCUT2D eigenvalue weighted by atomic mass is 9.59. The SMILES string of the molecule is CN(C)c1ccc(C2=C3C=C(c4ccc([N+](=O)[O-])cc4)SC34c3ccccc3C2c2ccccc24)cc1. The predicted molar refractivity (Wildman–Crippen MR) is 152 cm³/mol. The van der Waals surface area contributed by atoms with Crippen molar-refractivity contribution in [3.63, 3.8) is 0 Å². The zero-order chi connectivity index (χ0) is 25.3. The Balaban J connectivity index is 1.50. The number of hydrogen-bond acceptors (Lipinski definition) is 4. The van der Waals surface area contributed by atoms with Crippen molar-refractivity contribution in [2.24, 2.45) is 0 Å². The fourth-order valence-corrected chi connectivity index (χ4v) is 7.85. The number of nitrogens with zero attached hydrogens (tertiary/aromatic N) is 2. The molecule has 4 aromatic rings. The van der Waals surface area contributed by atoms with E-state index in [0.717, 1.165) is 10.5 Å². The number of rotatable bonds is 4. The van der Waals surface area contributed by atoms with E-state index < -0.39 is 0 Å². The summed E-state index contributed by atoms with van der Waals surface area (Å²) in [5.74, 6) is 0.155. The Labute approximate surface area is 220 Å². The highest BCUT2D eigenvalue weighted by Crippen LogP contribution is 2.70. The van der Waals surface area contributed by atoms with E-state index in [-0.39, 0.29) is 21.3 Å². The molecule has 8 rings (SSSR count). The molecular weight excluding hydrogens is 476 g/mol. The average molecular weight is 501 g/mol. The van der Waals surface area contributed by atoms with Crippen molar-refractivity contribution in [3.05, 3.63) is 152 Å². The van der Waals surface area contributed by atoms with E-state index in [0.29, 0.717) is 0 Å². The van der Waals surface area contributed by atoms with Crippen LogP contribution >= 0.6 is 11.8 Å². The first kappa shape index (κ1) is 22.1. The molecule has 0 fully saturated rings. The minimum absolute atomic E-state index is 0.112. The van der Waals surface area contributed by atoms with Crippen LogP contribution < -0.4 is 4.90 Å². The van der Waals surface area contributed by atoms with Crippen LogP contribution in [0.3, 0.4) is 0 Å². The van der Waals surface area contributed by atoms with E-state index >= 15 is 0 Å². The molecule has 37 heavy (non-hydrogen) atoms. The molecule has 4 aromatic carbocycles. The first-order valence-corrected chi connectivity index (χ1v) is 13.2. The molecule has 0 aromatic heterocycles. The molecule has 0 saturated heterocycles. The number of nitro groups is 1. The van der Waals surface area contributed by atoms with Crippen molar-refractivity contribution < 1.29 is 4.92 Å². The van der Waals surface area contributed by atoms with Crippen molar-refractivity contribution in [3.8, 4) is 0 Å². The second-order valence-electron chi connectivity index (χ2n) is 9.97. The van der Waals surface area contributed by atoms with Crippen LogP contribution in [0.1, 0.15) is 39.3 Å². The normalized spacial score (nSPS) is 20.7. The van der Waals surface area contributed by atoms with Gasteiger partial charge in [-0.2, -0.15) is 0 Å². The molecule has 0 atom stereocenters. The van der Waals surface area contributed by atoms with Crippen molar-refractivity contribution in [1.82, 2.24) is 0 Å². The highest BCUT2D eigenvalue weighted by atomic mass is 32.2. The Morgan fingerprint density at radius 2 is 1.35 bits per heavy atom. The summed E-state index contributed by atoms with van der Waals surface area (Å²) in [6.45, 7) is 0. The topological polar surface area (TPSA) is 46.4 Å². The van der Waals surface area contributed by atoms with Crippen molar-refractivity contribution in [2.45, 2.75) is 10.7 Å². The van der Waals surface area contributed by atoms with Crippen molar-refractivity contribution >= 4 is 33.6 Å². The van der Waals surface area contributed by atoms with E-state index in [1.165, 1.54) is 44.7 Å². The van der Waals surface area contributed by atoms with Gasteiger partial charge in [-0.1, -0.05) is 60.7 Å². The Kier molecular flexibility index (Phi) is 4.76. The molecule has 4 aliphatic rings. The summed E-state index contributed by atoms with van der Waals surface area (Å²) in [5, 5.41) is 11.3. The maximum absolute atomic E-state index is 11.3. The van der Waals surface area contributed by atoms with Gasteiger partial charge in [0.15, 0.2) is 0 Å². The maximum atomic E-state index is 11.3. The molecule has 0 amide bonds. The van der Waals surface area contributed by atoms with Crippen LogP contribution in [-0.2, 0) is 4.75 Å². The van der Waals surface area contributed by atoms with Crippen LogP contribution in [-0.4, -0.2) is 19.0 Å². The number of anilines is 1. The fourth-order valence-electron chi connectivity index (χ4n) is 6.22. The Morgan fingerprint density at radius 3 is 1.92 bits per heavy atom. The number of non-ortho nitro benzene ring substituents is 1. The molecule has 0 N–H and O–H groups in total. The van der Waals surface area contributed by atoms with Gasteiger partial charge in [-0.05, 0) is 74.9 Å². The number of allylic oxidation sites excluding steroid dienone is 2. The van der Waals surface area contributed by atoms with Crippen LogP contribution in [0.4, 0.5) is 11.4 Å². The molecule has 0 unspecified atom stereocenters. The van der Waals surface area contributed by atoms with Crippen molar-refractivity contribution in [2.75, 3.05) is 19.0 Å². The van der Waals surface area contributed by atoms with Crippen LogP contribution in [0.15, 0.2) is 109 Å². The lowest BCUT2D eigenvalue weighted by Gasteiger charge is -2.49. The lowest BCUT2D eigenvalue weighted by molar-refractivity contribution is -0.384. The third-order valence-corrected chi connectivity index (χ3v) is 9.40. The molecule has 1 spiro atoms. The first-order chi connectivity index (χ1) is 18.0. The fraction of sp³-hybridized carbons (Fsp3) is 0.125. The standard InChI is InChI=1S/C32H24N2O2S/c1-33(2)22-15-13-21(14-16-22)30-28-19-29(20-11-17-23(18-12-20)34(35)36)37-32(28)26-9-5-3-7-24(26)31(30)25-8-4-6-10-27(25)32/h3-19,31H,1-2H3. The number of nitro benzene ring substituents is 1. The molecule has 3 aliphatic carbocycles. The van der Waals surface area contributed by atoms with E-state index in [1.54, 1.807) is 12.1 Å². The minimum Gasteiger partial charge on any atom is -0.378 e. The molecule has 5 heteroatoms. The molecule has 4 nitrogen and oxygen atoms in total. The summed E-state index contributed by atoms with van der Waals surface area (Å²) in [6.07, 6.45) is 2.33. The average Bonchev–Trinajstić information content (AvgIpc) is 3.35. The molecule has 1 aliphatic heterocycles. The summed E-state index contributed by atoms with van der Waals surface area (Å²) in [6, 6.07) is 33.6. The van der Waals surface area contributed by atoms with E-state index in [9.17, 15) is 10.1 Å². The summed E-state index contributed by atoms with van der Waals surface area (Å²) in [7, 11) is 4.13. The molecule has 1 heterocycles. The highest BCUT2D eigenvalue weighted by molar-refractivity contribution is 8.10. The second kappa shape index (κ2) is 7.95. The molecular formula is C32H24N2O2S. The quantitative estimate of drug-likeness (QED) is 0.214. The van der Waals surface area contributed by atoms with Gasteiger partial charge in [-0.15, -0.1) is 11.8 Å². The molecule has 180 valence electrons. The van der Waals surface area contributed by atoms with Gasteiger partial charge in [-0.25, -0.2) is 0 Å². The summed E-state index contributed by atoms with van der Waals surface area (Å²) in [4.78, 5) is 14.2. The summed E-state index contributed by atoms with van der Waals surface area (Å²) >= 11 is 1.86. The van der Waals surface area contributed by atoms with Crippen LogP contribution in [0.25, 0.3) is 10.5 Å². The van der Waals surface area contributed by atoms with Gasteiger partial charge < -0.3 is 4.90 Å². The van der Waals surface area contributed by atoms with Crippen LogP contribution in [0.2, 0.25) is 0 Å². The number of thioether (sulfide) groups is 1. The van der Waals surface area contributed by atoms with Gasteiger partial charge >= 0.3 is 0 Å². The van der Waals surface area contributed by atoms with Gasteiger partial charge in [0.25, 0.3) is 5.69 Å². The predicted octanol–water partition coefficient (Wildman–Crippen LogP) is 7.61. The maximum Gasteiger partial charge on any atom is 0.269 e. The van der Waals surface area contributed by atoms with Crippen LogP contribution in [0.5, 0.6) is 0 Å². The van der Waals surface area contributed by atoms with E-state index in [4.69, 9.17) is 0 Å². The Bertz CT molecular complexity index is 1600. The van der Waals surface area contributed by atoms with Gasteiger partial charge in [0, 0.05) is 42.7 Å². The minimum atomic E-state index is -0.353. The number of hydrogen-bond donors (Lipinski definition) is 0. The zero-order valence-electron chi connectivity index (χ0n) is 20.5. The smallest absolute Gasteiger partial charge is 0.269 e. The first-order valence-electron chi connectivity index (χ1n) is 12.4. The third kappa shape index (κ3) is 3.04. The number of benzene rings is 4. The van der Waals surface area contributed by atoms with E-state index in [1.807, 2.05) is 23.9 Å². The second-order valence-corrected chi connectivity index (χ2v) is 11.2. The van der Waals surface area contributed by atoms with E-state index in [2.05, 4.69) is 97.9 Å². The molecule has 0 radical (unpaired) electrons. The highest BCUT2D eigenvalue weighted by Gasteiger charge is 2.55.